The zero-order valence-electron chi connectivity index (χ0n) is 13.7. The first kappa shape index (κ1) is 17.2. The molecule has 0 spiro atoms. The van der Waals surface area contributed by atoms with Crippen molar-refractivity contribution in [3.63, 3.8) is 0 Å². The number of hydrogen-bond donors (Lipinski definition) is 0. The molecule has 0 amide bonds. The predicted octanol–water partition coefficient (Wildman–Crippen LogP) is 2.94. The summed E-state index contributed by atoms with van der Waals surface area (Å²) in [5, 5.41) is 8.77. The van der Waals surface area contributed by atoms with E-state index in [-0.39, 0.29) is 12.2 Å². The highest BCUT2D eigenvalue weighted by Crippen LogP contribution is 2.35. The summed E-state index contributed by atoms with van der Waals surface area (Å²) in [5.41, 5.74) is 1.57. The first-order valence-electron chi connectivity index (χ1n) is 7.09. The van der Waals surface area contributed by atoms with Crippen molar-refractivity contribution in [2.75, 3.05) is 21.3 Å². The molecule has 0 aliphatic carbocycles. The number of nitriles is 1. The summed E-state index contributed by atoms with van der Waals surface area (Å²) < 4.78 is 20.9. The van der Waals surface area contributed by atoms with Gasteiger partial charge in [0.05, 0.1) is 33.0 Å². The van der Waals surface area contributed by atoms with Crippen LogP contribution in [0.15, 0.2) is 36.4 Å². The molecule has 0 aromatic heterocycles. The number of methoxy groups -OCH3 is 3. The second kappa shape index (κ2) is 7.88. The van der Waals surface area contributed by atoms with E-state index in [1.807, 2.05) is 6.07 Å². The Morgan fingerprint density at radius 3 is 2.08 bits per heavy atom. The van der Waals surface area contributed by atoms with Crippen molar-refractivity contribution in [3.8, 4) is 23.3 Å². The third-order valence-corrected chi connectivity index (χ3v) is 3.38. The van der Waals surface area contributed by atoms with Gasteiger partial charge in [-0.25, -0.2) is 4.79 Å². The summed E-state index contributed by atoms with van der Waals surface area (Å²) in [4.78, 5) is 12.3. The van der Waals surface area contributed by atoms with E-state index in [1.54, 1.807) is 30.3 Å². The normalized spacial score (nSPS) is 9.75. The van der Waals surface area contributed by atoms with E-state index in [1.165, 1.54) is 27.4 Å². The molecule has 0 heterocycles. The van der Waals surface area contributed by atoms with Crippen LogP contribution in [0.4, 0.5) is 0 Å². The summed E-state index contributed by atoms with van der Waals surface area (Å²) >= 11 is 0. The van der Waals surface area contributed by atoms with Crippen LogP contribution in [0.1, 0.15) is 21.5 Å². The lowest BCUT2D eigenvalue weighted by Crippen LogP contribution is -2.08. The van der Waals surface area contributed by atoms with Crippen molar-refractivity contribution >= 4 is 5.97 Å². The monoisotopic (exact) mass is 327 g/mol. The molecule has 2 rings (SSSR count). The lowest BCUT2D eigenvalue weighted by Gasteiger charge is -2.13. The first-order valence-corrected chi connectivity index (χ1v) is 7.09. The molecular weight excluding hydrogens is 310 g/mol. The topological polar surface area (TPSA) is 77.8 Å². The Balaban J connectivity index is 2.17. The molecule has 0 aliphatic rings. The average Bonchev–Trinajstić information content (AvgIpc) is 2.65. The summed E-state index contributed by atoms with van der Waals surface area (Å²) in [7, 11) is 4.44. The number of esters is 1. The maximum Gasteiger partial charge on any atom is 0.342 e. The number of hydrogen-bond acceptors (Lipinski definition) is 6. The van der Waals surface area contributed by atoms with Gasteiger partial charge in [0.25, 0.3) is 0 Å². The van der Waals surface area contributed by atoms with Crippen molar-refractivity contribution in [3.05, 3.63) is 53.1 Å². The second-order valence-electron chi connectivity index (χ2n) is 4.79. The Hall–Kier alpha value is -3.20. The standard InChI is InChI=1S/C18H17NO5/c1-21-15-9-17(23-3)16(22-2)8-14(15)18(20)24-11-13-6-4-12(10-19)5-7-13/h4-9H,11H2,1-3H3. The van der Waals surface area contributed by atoms with Crippen LogP contribution in [-0.2, 0) is 11.3 Å². The Morgan fingerprint density at radius 1 is 0.958 bits per heavy atom. The highest BCUT2D eigenvalue weighted by molar-refractivity contribution is 5.93. The Kier molecular flexibility index (Phi) is 5.63. The lowest BCUT2D eigenvalue weighted by molar-refractivity contribution is 0.0468. The number of rotatable bonds is 6. The Bertz CT molecular complexity index is 762. The van der Waals surface area contributed by atoms with Crippen molar-refractivity contribution < 1.29 is 23.7 Å². The minimum Gasteiger partial charge on any atom is -0.496 e. The molecule has 2 aromatic carbocycles. The van der Waals surface area contributed by atoms with Crippen LogP contribution in [0.2, 0.25) is 0 Å². The van der Waals surface area contributed by atoms with Crippen LogP contribution < -0.4 is 14.2 Å². The van der Waals surface area contributed by atoms with E-state index in [0.29, 0.717) is 22.8 Å². The smallest absolute Gasteiger partial charge is 0.342 e. The van der Waals surface area contributed by atoms with E-state index in [4.69, 9.17) is 24.2 Å². The summed E-state index contributed by atoms with van der Waals surface area (Å²) in [5.74, 6) is 0.649. The van der Waals surface area contributed by atoms with Gasteiger partial charge in [-0.1, -0.05) is 12.1 Å². The average molecular weight is 327 g/mol. The molecule has 0 saturated heterocycles. The molecule has 0 atom stereocenters. The molecule has 0 unspecified atom stereocenters. The molecule has 0 bridgehead atoms. The Labute approximate surface area is 140 Å². The van der Waals surface area contributed by atoms with Crippen LogP contribution in [0.5, 0.6) is 17.2 Å². The largest absolute Gasteiger partial charge is 0.496 e. The van der Waals surface area contributed by atoms with Gasteiger partial charge in [-0.3, -0.25) is 0 Å². The SMILES string of the molecule is COc1cc(OC)c(C(=O)OCc2ccc(C#N)cc2)cc1OC. The fourth-order valence-electron chi connectivity index (χ4n) is 2.09. The molecule has 6 nitrogen and oxygen atoms in total. The summed E-state index contributed by atoms with van der Waals surface area (Å²) in [6.07, 6.45) is 0. The van der Waals surface area contributed by atoms with Crippen LogP contribution in [0, 0.1) is 11.3 Å². The maximum atomic E-state index is 12.3. The molecule has 24 heavy (non-hydrogen) atoms. The van der Waals surface area contributed by atoms with Crippen LogP contribution in [-0.4, -0.2) is 27.3 Å². The van der Waals surface area contributed by atoms with Gasteiger partial charge in [0.15, 0.2) is 11.5 Å². The minimum absolute atomic E-state index is 0.0854. The number of nitrogens with zero attached hydrogens (tertiary/aromatic N) is 1. The fourth-order valence-corrected chi connectivity index (χ4v) is 2.09. The first-order chi connectivity index (χ1) is 11.6. The molecule has 0 radical (unpaired) electrons. The van der Waals surface area contributed by atoms with E-state index in [0.717, 1.165) is 5.56 Å². The maximum absolute atomic E-state index is 12.3. The van der Waals surface area contributed by atoms with Crippen molar-refractivity contribution in [1.29, 1.82) is 5.26 Å². The number of benzene rings is 2. The van der Waals surface area contributed by atoms with E-state index >= 15 is 0 Å². The molecule has 0 N–H and O–H groups in total. The quantitative estimate of drug-likeness (QED) is 0.759. The zero-order chi connectivity index (χ0) is 17.5. The van der Waals surface area contributed by atoms with Gasteiger partial charge >= 0.3 is 5.97 Å². The molecule has 124 valence electrons. The molecule has 6 heteroatoms. The predicted molar refractivity (Wildman–Crippen MR) is 86.4 cm³/mol. The van der Waals surface area contributed by atoms with Gasteiger partial charge in [0.1, 0.15) is 17.9 Å². The number of carbonyl (C=O) groups is 1. The van der Waals surface area contributed by atoms with Crippen LogP contribution in [0.25, 0.3) is 0 Å². The number of carbonyl (C=O) groups excluding carboxylic acids is 1. The minimum atomic E-state index is -0.544. The fraction of sp³-hybridized carbons (Fsp3) is 0.222. The molecule has 0 saturated carbocycles. The molecule has 2 aromatic rings. The van der Waals surface area contributed by atoms with Gasteiger partial charge in [-0.15, -0.1) is 0 Å². The van der Waals surface area contributed by atoms with Crippen LogP contribution >= 0.6 is 0 Å². The van der Waals surface area contributed by atoms with E-state index < -0.39 is 5.97 Å². The summed E-state index contributed by atoms with van der Waals surface area (Å²) in [6.45, 7) is 0.0854. The molecular formula is C18H17NO5. The van der Waals surface area contributed by atoms with Crippen molar-refractivity contribution in [1.82, 2.24) is 0 Å². The molecule has 0 fully saturated rings. The summed E-state index contributed by atoms with van der Waals surface area (Å²) in [6, 6.07) is 11.9. The highest BCUT2D eigenvalue weighted by Gasteiger charge is 2.19. The van der Waals surface area contributed by atoms with Gasteiger partial charge in [0.2, 0.25) is 0 Å². The highest BCUT2D eigenvalue weighted by atomic mass is 16.5. The van der Waals surface area contributed by atoms with Crippen molar-refractivity contribution in [2.24, 2.45) is 0 Å². The second-order valence-corrected chi connectivity index (χ2v) is 4.79. The Morgan fingerprint density at radius 2 is 1.54 bits per heavy atom. The molecule has 0 aliphatic heterocycles. The third kappa shape index (κ3) is 3.76. The van der Waals surface area contributed by atoms with Gasteiger partial charge in [-0.05, 0) is 17.7 Å². The number of ether oxygens (including phenoxy) is 4. The van der Waals surface area contributed by atoms with Gasteiger partial charge in [-0.2, -0.15) is 5.26 Å². The van der Waals surface area contributed by atoms with Crippen molar-refractivity contribution in [2.45, 2.75) is 6.61 Å². The van der Waals surface area contributed by atoms with E-state index in [9.17, 15) is 4.79 Å². The van der Waals surface area contributed by atoms with Crippen LogP contribution in [0.3, 0.4) is 0 Å². The van der Waals surface area contributed by atoms with E-state index in [2.05, 4.69) is 0 Å². The zero-order valence-corrected chi connectivity index (χ0v) is 13.7. The van der Waals surface area contributed by atoms with Gasteiger partial charge < -0.3 is 18.9 Å². The third-order valence-electron chi connectivity index (χ3n) is 3.38. The lowest BCUT2D eigenvalue weighted by atomic mass is 10.1. The van der Waals surface area contributed by atoms with Gasteiger partial charge in [0, 0.05) is 12.1 Å².